The first-order valence-corrected chi connectivity index (χ1v) is 7.21. The van der Waals surface area contributed by atoms with Crippen molar-refractivity contribution in [1.82, 2.24) is 0 Å². The first-order chi connectivity index (χ1) is 11.1. The number of ether oxygens (including phenoxy) is 1. The van der Waals surface area contributed by atoms with Gasteiger partial charge in [0.2, 0.25) is 0 Å². The maximum absolute atomic E-state index is 10.9. The van der Waals surface area contributed by atoms with Gasteiger partial charge in [0.05, 0.1) is 23.3 Å². The number of nitriles is 1. The maximum atomic E-state index is 10.9. The molecule has 23 heavy (non-hydrogen) atoms. The van der Waals surface area contributed by atoms with E-state index >= 15 is 0 Å². The minimum atomic E-state index is -0.485. The molecule has 0 unspecified atom stereocenters. The van der Waals surface area contributed by atoms with Gasteiger partial charge in [0.25, 0.3) is 5.69 Å². The van der Waals surface area contributed by atoms with E-state index in [4.69, 9.17) is 4.74 Å². The van der Waals surface area contributed by atoms with E-state index in [1.54, 1.807) is 13.2 Å². The number of anilines is 1. The number of nitrogens with zero attached hydrogens (tertiary/aromatic N) is 3. The summed E-state index contributed by atoms with van der Waals surface area (Å²) >= 11 is 0. The molecular weight excluding hydrogens is 294 g/mol. The second-order valence-corrected chi connectivity index (χ2v) is 5.38. The minimum Gasteiger partial charge on any atom is -0.497 e. The van der Waals surface area contributed by atoms with E-state index in [-0.39, 0.29) is 5.69 Å². The molecule has 0 aliphatic carbocycles. The van der Waals surface area contributed by atoms with Gasteiger partial charge in [-0.25, -0.2) is 0 Å². The van der Waals surface area contributed by atoms with E-state index in [2.05, 4.69) is 17.0 Å². The highest BCUT2D eigenvalue weighted by Crippen LogP contribution is 2.30. The molecule has 0 radical (unpaired) electrons. The van der Waals surface area contributed by atoms with Crippen molar-refractivity contribution in [3.05, 3.63) is 63.2 Å². The van der Waals surface area contributed by atoms with Crippen molar-refractivity contribution in [3.63, 3.8) is 0 Å². The third kappa shape index (κ3) is 2.81. The SMILES string of the molecule is COc1ccc2c(c1)CN(c1ccc([N+](=O)[O-])cc1C#N)CC2. The molecule has 0 saturated heterocycles. The molecule has 0 bridgehead atoms. The average molecular weight is 309 g/mol. The number of hydrogen-bond donors (Lipinski definition) is 0. The molecule has 0 amide bonds. The van der Waals surface area contributed by atoms with E-state index in [9.17, 15) is 15.4 Å². The Labute approximate surface area is 133 Å². The van der Waals surface area contributed by atoms with Crippen molar-refractivity contribution in [3.8, 4) is 11.8 Å². The molecule has 116 valence electrons. The monoisotopic (exact) mass is 309 g/mol. The summed E-state index contributed by atoms with van der Waals surface area (Å²) in [7, 11) is 1.63. The molecule has 1 aliphatic rings. The zero-order valence-electron chi connectivity index (χ0n) is 12.7. The van der Waals surface area contributed by atoms with Crippen LogP contribution in [0, 0.1) is 21.4 Å². The zero-order chi connectivity index (χ0) is 16.4. The second kappa shape index (κ2) is 5.97. The number of benzene rings is 2. The zero-order valence-corrected chi connectivity index (χ0v) is 12.7. The highest BCUT2D eigenvalue weighted by Gasteiger charge is 2.21. The van der Waals surface area contributed by atoms with Crippen LogP contribution in [0.3, 0.4) is 0 Å². The van der Waals surface area contributed by atoms with Crippen molar-refractivity contribution in [2.75, 3.05) is 18.6 Å². The molecule has 0 N–H and O–H groups in total. The highest BCUT2D eigenvalue weighted by atomic mass is 16.6. The summed E-state index contributed by atoms with van der Waals surface area (Å²) in [6.45, 7) is 1.42. The maximum Gasteiger partial charge on any atom is 0.270 e. The number of methoxy groups -OCH3 is 1. The lowest BCUT2D eigenvalue weighted by Crippen LogP contribution is -2.30. The molecule has 1 heterocycles. The fraction of sp³-hybridized carbons (Fsp3) is 0.235. The normalized spacial score (nSPS) is 13.1. The van der Waals surface area contributed by atoms with Gasteiger partial charge in [-0.05, 0) is 35.7 Å². The Hall–Kier alpha value is -3.07. The summed E-state index contributed by atoms with van der Waals surface area (Å²) in [5, 5.41) is 20.2. The van der Waals surface area contributed by atoms with Crippen LogP contribution in [0.1, 0.15) is 16.7 Å². The smallest absolute Gasteiger partial charge is 0.270 e. The Kier molecular flexibility index (Phi) is 3.85. The predicted octanol–water partition coefficient (Wildman–Crippen LogP) is 3.04. The lowest BCUT2D eigenvalue weighted by molar-refractivity contribution is -0.384. The summed E-state index contributed by atoms with van der Waals surface area (Å²) in [5.41, 5.74) is 3.40. The van der Waals surface area contributed by atoms with Crippen LogP contribution in [0.15, 0.2) is 36.4 Å². The van der Waals surface area contributed by atoms with Crippen LogP contribution >= 0.6 is 0 Å². The van der Waals surface area contributed by atoms with Crippen molar-refractivity contribution in [2.24, 2.45) is 0 Å². The fourth-order valence-corrected chi connectivity index (χ4v) is 2.87. The molecule has 6 nitrogen and oxygen atoms in total. The van der Waals surface area contributed by atoms with E-state index in [0.29, 0.717) is 12.1 Å². The van der Waals surface area contributed by atoms with E-state index in [0.717, 1.165) is 30.0 Å². The lowest BCUT2D eigenvalue weighted by Gasteiger charge is -2.31. The van der Waals surface area contributed by atoms with Gasteiger partial charge in [0, 0.05) is 25.2 Å². The number of rotatable bonds is 3. The first kappa shape index (κ1) is 14.9. The topological polar surface area (TPSA) is 79.4 Å². The molecule has 6 heteroatoms. The number of fused-ring (bicyclic) bond motifs is 1. The average Bonchev–Trinajstić information content (AvgIpc) is 2.60. The molecule has 2 aromatic rings. The Balaban J connectivity index is 1.94. The van der Waals surface area contributed by atoms with Crippen molar-refractivity contribution >= 4 is 11.4 Å². The largest absolute Gasteiger partial charge is 0.497 e. The second-order valence-electron chi connectivity index (χ2n) is 5.38. The Morgan fingerprint density at radius 3 is 2.78 bits per heavy atom. The van der Waals surface area contributed by atoms with Crippen LogP contribution in [0.4, 0.5) is 11.4 Å². The molecule has 0 spiro atoms. The van der Waals surface area contributed by atoms with Crippen LogP contribution in [-0.4, -0.2) is 18.6 Å². The van der Waals surface area contributed by atoms with Gasteiger partial charge in [-0.2, -0.15) is 5.26 Å². The molecule has 0 aromatic heterocycles. The molecule has 0 atom stereocenters. The number of non-ortho nitro benzene ring substituents is 1. The predicted molar refractivity (Wildman–Crippen MR) is 85.6 cm³/mol. The van der Waals surface area contributed by atoms with Crippen molar-refractivity contribution in [2.45, 2.75) is 13.0 Å². The number of hydrogen-bond acceptors (Lipinski definition) is 5. The van der Waals surface area contributed by atoms with E-state index in [1.807, 2.05) is 12.1 Å². The molecule has 1 aliphatic heterocycles. The van der Waals surface area contributed by atoms with Crippen LogP contribution in [0.2, 0.25) is 0 Å². The van der Waals surface area contributed by atoms with Gasteiger partial charge < -0.3 is 9.64 Å². The molecule has 0 fully saturated rings. The third-order valence-corrected chi connectivity index (χ3v) is 4.08. The van der Waals surface area contributed by atoms with Gasteiger partial charge in [-0.3, -0.25) is 10.1 Å². The fourth-order valence-electron chi connectivity index (χ4n) is 2.87. The Bertz CT molecular complexity index is 811. The summed E-state index contributed by atoms with van der Waals surface area (Å²) in [6, 6.07) is 12.5. The molecular formula is C17H15N3O3. The number of nitro groups is 1. The quantitative estimate of drug-likeness (QED) is 0.643. The standard InChI is InChI=1S/C17H15N3O3/c1-23-16-4-2-12-6-7-19(11-14(12)9-16)17-5-3-15(20(21)22)8-13(17)10-18/h2-5,8-9H,6-7,11H2,1H3. The van der Waals surface area contributed by atoms with Crippen LogP contribution < -0.4 is 9.64 Å². The van der Waals surface area contributed by atoms with Crippen LogP contribution in [-0.2, 0) is 13.0 Å². The summed E-state index contributed by atoms with van der Waals surface area (Å²) in [4.78, 5) is 12.4. The van der Waals surface area contributed by atoms with Gasteiger partial charge in [-0.1, -0.05) is 6.07 Å². The van der Waals surface area contributed by atoms with Crippen LogP contribution in [0.25, 0.3) is 0 Å². The first-order valence-electron chi connectivity index (χ1n) is 7.21. The Morgan fingerprint density at radius 1 is 1.26 bits per heavy atom. The third-order valence-electron chi connectivity index (χ3n) is 4.08. The van der Waals surface area contributed by atoms with Gasteiger partial charge in [0.1, 0.15) is 11.8 Å². The number of nitro benzene ring substituents is 1. The minimum absolute atomic E-state index is 0.0654. The summed E-state index contributed by atoms with van der Waals surface area (Å²) in [5.74, 6) is 0.801. The Morgan fingerprint density at radius 2 is 2.09 bits per heavy atom. The molecule has 0 saturated carbocycles. The van der Waals surface area contributed by atoms with Gasteiger partial charge >= 0.3 is 0 Å². The summed E-state index contributed by atoms with van der Waals surface area (Å²) in [6.07, 6.45) is 0.862. The lowest BCUT2D eigenvalue weighted by atomic mass is 9.98. The molecule has 3 rings (SSSR count). The van der Waals surface area contributed by atoms with Gasteiger partial charge in [-0.15, -0.1) is 0 Å². The van der Waals surface area contributed by atoms with Gasteiger partial charge in [0.15, 0.2) is 0 Å². The highest BCUT2D eigenvalue weighted by molar-refractivity contribution is 5.64. The van der Waals surface area contributed by atoms with E-state index in [1.165, 1.54) is 17.7 Å². The summed E-state index contributed by atoms with van der Waals surface area (Å²) < 4.78 is 5.26. The van der Waals surface area contributed by atoms with E-state index < -0.39 is 4.92 Å². The van der Waals surface area contributed by atoms with Crippen molar-refractivity contribution in [1.29, 1.82) is 5.26 Å². The molecule has 2 aromatic carbocycles. The van der Waals surface area contributed by atoms with Crippen molar-refractivity contribution < 1.29 is 9.66 Å². The van der Waals surface area contributed by atoms with Crippen LogP contribution in [0.5, 0.6) is 5.75 Å².